The quantitative estimate of drug-likeness (QED) is 0.488. The summed E-state index contributed by atoms with van der Waals surface area (Å²) in [4.78, 5) is 39.2. The van der Waals surface area contributed by atoms with E-state index in [9.17, 15) is 14.4 Å². The second kappa shape index (κ2) is 10.7. The van der Waals surface area contributed by atoms with Gasteiger partial charge in [-0.1, -0.05) is 12.1 Å². The molecular weight excluding hydrogens is 450 g/mol. The van der Waals surface area contributed by atoms with Crippen molar-refractivity contribution in [1.29, 1.82) is 0 Å². The molecule has 10 nitrogen and oxygen atoms in total. The predicted molar refractivity (Wildman–Crippen MR) is 129 cm³/mol. The number of nitrogens with one attached hydrogen (secondary N) is 2. The van der Waals surface area contributed by atoms with E-state index in [0.29, 0.717) is 22.9 Å². The monoisotopic (exact) mass is 477 g/mol. The minimum Gasteiger partial charge on any atom is -0.493 e. The Labute approximate surface area is 202 Å². The Balaban J connectivity index is 1.32. The number of rotatable bonds is 9. The summed E-state index contributed by atoms with van der Waals surface area (Å²) in [6, 6.07) is 14.2. The van der Waals surface area contributed by atoms with Gasteiger partial charge >= 0.3 is 0 Å². The zero-order valence-electron chi connectivity index (χ0n) is 19.6. The third-order valence-electron chi connectivity index (χ3n) is 5.72. The summed E-state index contributed by atoms with van der Waals surface area (Å²) in [6.07, 6.45) is 3.46. The lowest BCUT2D eigenvalue weighted by molar-refractivity contribution is -0.126. The molecule has 2 aromatic carbocycles. The molecule has 1 fully saturated rings. The second-order valence-electron chi connectivity index (χ2n) is 8.11. The molecule has 0 aliphatic carbocycles. The third kappa shape index (κ3) is 5.78. The Bertz CT molecular complexity index is 1210. The number of methoxy groups -OCH3 is 2. The Hall–Kier alpha value is -4.34. The Morgan fingerprint density at radius 3 is 2.66 bits per heavy atom. The Morgan fingerprint density at radius 2 is 1.91 bits per heavy atom. The predicted octanol–water partition coefficient (Wildman–Crippen LogP) is 2.21. The first-order valence-corrected chi connectivity index (χ1v) is 11.1. The highest BCUT2D eigenvalue weighted by atomic mass is 16.5. The number of carbonyl (C=O) groups is 3. The van der Waals surface area contributed by atoms with Crippen LogP contribution < -0.4 is 25.0 Å². The van der Waals surface area contributed by atoms with Crippen LogP contribution in [0.15, 0.2) is 60.9 Å². The molecule has 10 heteroatoms. The molecule has 0 saturated carbocycles. The van der Waals surface area contributed by atoms with Crippen molar-refractivity contribution in [2.75, 3.05) is 31.0 Å². The molecule has 0 bridgehead atoms. The second-order valence-corrected chi connectivity index (χ2v) is 8.11. The summed E-state index contributed by atoms with van der Waals surface area (Å²) in [6.45, 7) is 0.673. The van der Waals surface area contributed by atoms with Gasteiger partial charge in [0.25, 0.3) is 0 Å². The van der Waals surface area contributed by atoms with Gasteiger partial charge in [-0.15, -0.1) is 0 Å². The molecule has 0 radical (unpaired) electrons. The Kier molecular flexibility index (Phi) is 7.30. The first-order chi connectivity index (χ1) is 17.0. The van der Waals surface area contributed by atoms with Crippen LogP contribution in [-0.2, 0) is 27.5 Å². The van der Waals surface area contributed by atoms with Crippen LogP contribution in [0.3, 0.4) is 0 Å². The van der Waals surface area contributed by atoms with E-state index in [-0.39, 0.29) is 43.8 Å². The zero-order chi connectivity index (χ0) is 24.8. The maximum Gasteiger partial charge on any atom is 0.246 e. The fraction of sp³-hybridized carbons (Fsp3) is 0.280. The number of carbonyl (C=O) groups excluding carboxylic acids is 3. The van der Waals surface area contributed by atoms with Crippen LogP contribution >= 0.6 is 0 Å². The molecular formula is C25H27N5O5. The van der Waals surface area contributed by atoms with Gasteiger partial charge in [0.05, 0.1) is 20.1 Å². The van der Waals surface area contributed by atoms with Gasteiger partial charge in [-0.05, 0) is 35.9 Å². The van der Waals surface area contributed by atoms with Crippen LogP contribution in [0.2, 0.25) is 0 Å². The molecule has 1 aromatic heterocycles. The van der Waals surface area contributed by atoms with Gasteiger partial charge in [0.1, 0.15) is 6.54 Å². The van der Waals surface area contributed by atoms with E-state index < -0.39 is 5.92 Å². The zero-order valence-corrected chi connectivity index (χ0v) is 19.6. The van der Waals surface area contributed by atoms with Crippen LogP contribution in [0.25, 0.3) is 0 Å². The van der Waals surface area contributed by atoms with E-state index in [4.69, 9.17) is 9.47 Å². The van der Waals surface area contributed by atoms with Crippen molar-refractivity contribution in [3.8, 4) is 11.5 Å². The lowest BCUT2D eigenvalue weighted by atomic mass is 10.1. The highest BCUT2D eigenvalue weighted by Crippen LogP contribution is 2.34. The normalized spacial score (nSPS) is 15.1. The van der Waals surface area contributed by atoms with Crippen molar-refractivity contribution >= 4 is 29.1 Å². The SMILES string of the molecule is COc1ccc(N2CC(C(=O)NCc3cccc(NC(=O)Cn4cccn4)c3)CC2=O)cc1OC. The smallest absolute Gasteiger partial charge is 0.246 e. The van der Waals surface area contributed by atoms with Crippen molar-refractivity contribution in [3.05, 3.63) is 66.5 Å². The van der Waals surface area contributed by atoms with Crippen molar-refractivity contribution < 1.29 is 23.9 Å². The molecule has 1 unspecified atom stereocenters. The molecule has 4 rings (SSSR count). The van der Waals surface area contributed by atoms with E-state index in [0.717, 1.165) is 5.56 Å². The van der Waals surface area contributed by atoms with Crippen LogP contribution in [0, 0.1) is 5.92 Å². The standard InChI is InChI=1S/C25H27N5O5/c1-34-21-8-7-20(13-22(21)35-2)30-15-18(12-24(30)32)25(33)26-14-17-5-3-6-19(11-17)28-23(31)16-29-10-4-9-27-29/h3-11,13,18H,12,14-16H2,1-2H3,(H,26,33)(H,28,31). The first kappa shape index (κ1) is 23.8. The van der Waals surface area contributed by atoms with Crippen LogP contribution in [-0.4, -0.2) is 48.3 Å². The van der Waals surface area contributed by atoms with Gasteiger partial charge in [-0.2, -0.15) is 5.10 Å². The first-order valence-electron chi connectivity index (χ1n) is 11.1. The number of benzene rings is 2. The average molecular weight is 478 g/mol. The summed E-state index contributed by atoms with van der Waals surface area (Å²) in [5.41, 5.74) is 2.11. The summed E-state index contributed by atoms with van der Waals surface area (Å²) in [5.74, 6) is 0.0927. The summed E-state index contributed by atoms with van der Waals surface area (Å²) in [5, 5.41) is 9.75. The molecule has 0 spiro atoms. The van der Waals surface area contributed by atoms with Crippen LogP contribution in [0.5, 0.6) is 11.5 Å². The number of aromatic nitrogens is 2. The fourth-order valence-corrected chi connectivity index (χ4v) is 3.96. The molecule has 2 N–H and O–H groups in total. The molecule has 2 heterocycles. The van der Waals surface area contributed by atoms with Gasteiger partial charge in [0, 0.05) is 49.3 Å². The van der Waals surface area contributed by atoms with Crippen molar-refractivity contribution in [1.82, 2.24) is 15.1 Å². The number of hydrogen-bond acceptors (Lipinski definition) is 6. The van der Waals surface area contributed by atoms with E-state index in [1.165, 1.54) is 11.8 Å². The molecule has 35 heavy (non-hydrogen) atoms. The summed E-state index contributed by atoms with van der Waals surface area (Å²) >= 11 is 0. The van der Waals surface area contributed by atoms with Gasteiger partial charge in [-0.25, -0.2) is 0 Å². The van der Waals surface area contributed by atoms with Gasteiger partial charge in [-0.3, -0.25) is 19.1 Å². The summed E-state index contributed by atoms with van der Waals surface area (Å²) < 4.78 is 12.1. The van der Waals surface area contributed by atoms with E-state index in [1.807, 2.05) is 12.1 Å². The third-order valence-corrected chi connectivity index (χ3v) is 5.72. The molecule has 3 aromatic rings. The maximum atomic E-state index is 12.8. The van der Waals surface area contributed by atoms with Crippen molar-refractivity contribution in [3.63, 3.8) is 0 Å². The van der Waals surface area contributed by atoms with Crippen LogP contribution in [0.1, 0.15) is 12.0 Å². The minimum atomic E-state index is -0.465. The van der Waals surface area contributed by atoms with Gasteiger partial charge < -0.3 is 25.0 Å². The van der Waals surface area contributed by atoms with E-state index in [1.54, 1.807) is 60.8 Å². The molecule has 3 amide bonds. The van der Waals surface area contributed by atoms with E-state index >= 15 is 0 Å². The van der Waals surface area contributed by atoms with Gasteiger partial charge in [0.15, 0.2) is 11.5 Å². The van der Waals surface area contributed by atoms with Gasteiger partial charge in [0.2, 0.25) is 17.7 Å². The molecule has 1 aliphatic heterocycles. The number of hydrogen-bond donors (Lipinski definition) is 2. The lowest BCUT2D eigenvalue weighted by Crippen LogP contribution is -2.32. The number of ether oxygens (including phenoxy) is 2. The van der Waals surface area contributed by atoms with Crippen LogP contribution in [0.4, 0.5) is 11.4 Å². The lowest BCUT2D eigenvalue weighted by Gasteiger charge is -2.18. The largest absolute Gasteiger partial charge is 0.493 e. The van der Waals surface area contributed by atoms with Crippen molar-refractivity contribution in [2.24, 2.45) is 5.92 Å². The molecule has 1 atom stereocenters. The maximum absolute atomic E-state index is 12.8. The molecule has 182 valence electrons. The number of amides is 3. The highest BCUT2D eigenvalue weighted by molar-refractivity contribution is 6.00. The minimum absolute atomic E-state index is 0.111. The fourth-order valence-electron chi connectivity index (χ4n) is 3.96. The average Bonchev–Trinajstić information content (AvgIpc) is 3.51. The van der Waals surface area contributed by atoms with E-state index in [2.05, 4.69) is 15.7 Å². The summed E-state index contributed by atoms with van der Waals surface area (Å²) in [7, 11) is 3.08. The molecule has 1 aliphatic rings. The topological polar surface area (TPSA) is 115 Å². The Morgan fingerprint density at radius 1 is 1.09 bits per heavy atom. The molecule has 1 saturated heterocycles. The highest BCUT2D eigenvalue weighted by Gasteiger charge is 2.35. The van der Waals surface area contributed by atoms with Crippen molar-refractivity contribution in [2.45, 2.75) is 19.5 Å². The number of anilines is 2. The number of nitrogens with zero attached hydrogens (tertiary/aromatic N) is 3.